The van der Waals surface area contributed by atoms with Gasteiger partial charge in [0, 0.05) is 13.1 Å². The van der Waals surface area contributed by atoms with Crippen LogP contribution in [-0.4, -0.2) is 52.9 Å². The van der Waals surface area contributed by atoms with Crippen LogP contribution in [0.3, 0.4) is 0 Å². The molecular weight excluding hydrogens is 426 g/mol. The van der Waals surface area contributed by atoms with E-state index in [9.17, 15) is 19.2 Å². The lowest BCUT2D eigenvalue weighted by Gasteiger charge is -2.10. The molecule has 0 saturated heterocycles. The summed E-state index contributed by atoms with van der Waals surface area (Å²) in [7, 11) is 1.50. The second-order valence-electron chi connectivity index (χ2n) is 6.65. The number of hydrogen-bond acceptors (Lipinski definition) is 9. The van der Waals surface area contributed by atoms with E-state index in [-0.39, 0.29) is 40.0 Å². The molecule has 2 aromatic heterocycles. The largest absolute Gasteiger partial charge is 0.462 e. The molecule has 0 fully saturated rings. The summed E-state index contributed by atoms with van der Waals surface area (Å²) in [6.07, 6.45) is -0.399. The summed E-state index contributed by atoms with van der Waals surface area (Å²) in [4.78, 5) is 49.8. The molecule has 2 heterocycles. The number of anilines is 1. The number of rotatable bonds is 8. The lowest BCUT2D eigenvalue weighted by molar-refractivity contribution is 0.0378. The molecule has 1 amide bonds. The highest BCUT2D eigenvalue weighted by molar-refractivity contribution is 7.18. The van der Waals surface area contributed by atoms with Crippen molar-refractivity contribution in [3.8, 4) is 0 Å². The van der Waals surface area contributed by atoms with Crippen molar-refractivity contribution in [1.82, 2.24) is 9.78 Å². The van der Waals surface area contributed by atoms with Gasteiger partial charge in [0.25, 0.3) is 5.91 Å². The van der Waals surface area contributed by atoms with Gasteiger partial charge >= 0.3 is 17.9 Å². The molecule has 31 heavy (non-hydrogen) atoms. The van der Waals surface area contributed by atoms with Gasteiger partial charge in [0.15, 0.2) is 5.69 Å². The van der Waals surface area contributed by atoms with Gasteiger partial charge in [0.1, 0.15) is 15.6 Å². The fraction of sp³-hybridized carbons (Fsp3) is 0.450. The first-order chi connectivity index (χ1) is 14.6. The predicted octanol–water partition coefficient (Wildman–Crippen LogP) is 2.96. The summed E-state index contributed by atoms with van der Waals surface area (Å²) in [5.41, 5.74) is 0.452. The van der Waals surface area contributed by atoms with E-state index in [0.717, 1.165) is 11.3 Å². The van der Waals surface area contributed by atoms with Crippen LogP contribution in [0.15, 0.2) is 6.07 Å². The van der Waals surface area contributed by atoms with Crippen LogP contribution in [0.25, 0.3) is 0 Å². The zero-order chi connectivity index (χ0) is 23.3. The molecule has 0 aromatic carbocycles. The first kappa shape index (κ1) is 24.1. The Kier molecular flexibility index (Phi) is 7.92. The first-order valence-corrected chi connectivity index (χ1v) is 10.5. The quantitative estimate of drug-likeness (QED) is 0.480. The maximum absolute atomic E-state index is 12.8. The highest BCUT2D eigenvalue weighted by atomic mass is 32.1. The van der Waals surface area contributed by atoms with Gasteiger partial charge in [-0.1, -0.05) is 0 Å². The molecule has 11 heteroatoms. The molecule has 0 spiro atoms. The molecule has 0 aliphatic carbocycles. The molecule has 10 nitrogen and oxygen atoms in total. The Bertz CT molecular complexity index is 1010. The topological polar surface area (TPSA) is 126 Å². The second kappa shape index (κ2) is 10.2. The highest BCUT2D eigenvalue weighted by Gasteiger charge is 2.29. The zero-order valence-corrected chi connectivity index (χ0v) is 19.0. The lowest BCUT2D eigenvalue weighted by atomic mass is 10.1. The summed E-state index contributed by atoms with van der Waals surface area (Å²) >= 11 is 0.904. The lowest BCUT2D eigenvalue weighted by Crippen LogP contribution is -2.17. The SMILES string of the molecule is CCOC(=O)c1sc(NC(=O)c2cc(C(=O)OCC)n(C)n2)c(C(=O)OC(C)C)c1C. The van der Waals surface area contributed by atoms with Crippen LogP contribution in [0, 0.1) is 6.92 Å². The molecule has 0 saturated carbocycles. The van der Waals surface area contributed by atoms with Gasteiger partial charge in [-0.15, -0.1) is 11.3 Å². The summed E-state index contributed by atoms with van der Waals surface area (Å²) in [6.45, 7) is 8.63. The molecule has 2 aromatic rings. The fourth-order valence-electron chi connectivity index (χ4n) is 2.65. The van der Waals surface area contributed by atoms with Crippen molar-refractivity contribution < 1.29 is 33.4 Å². The van der Waals surface area contributed by atoms with Crippen molar-refractivity contribution in [2.24, 2.45) is 7.05 Å². The highest BCUT2D eigenvalue weighted by Crippen LogP contribution is 2.35. The molecule has 1 N–H and O–H groups in total. The molecule has 0 bridgehead atoms. The van der Waals surface area contributed by atoms with E-state index in [0.29, 0.717) is 5.56 Å². The van der Waals surface area contributed by atoms with Crippen LogP contribution in [0.2, 0.25) is 0 Å². The van der Waals surface area contributed by atoms with Crippen molar-refractivity contribution >= 4 is 40.2 Å². The number of aromatic nitrogens is 2. The number of nitrogens with zero attached hydrogens (tertiary/aromatic N) is 2. The van der Waals surface area contributed by atoms with Crippen LogP contribution in [0.4, 0.5) is 5.00 Å². The predicted molar refractivity (Wildman–Crippen MR) is 113 cm³/mol. The number of carbonyl (C=O) groups is 4. The molecule has 0 unspecified atom stereocenters. The minimum absolute atomic E-state index is 0.0579. The minimum Gasteiger partial charge on any atom is -0.462 e. The Labute approximate surface area is 183 Å². The van der Waals surface area contributed by atoms with Crippen molar-refractivity contribution in [3.05, 3.63) is 33.5 Å². The third-order valence-electron chi connectivity index (χ3n) is 3.98. The van der Waals surface area contributed by atoms with E-state index in [4.69, 9.17) is 14.2 Å². The number of nitrogens with one attached hydrogen (secondary N) is 1. The van der Waals surface area contributed by atoms with E-state index in [1.54, 1.807) is 34.6 Å². The van der Waals surface area contributed by atoms with Gasteiger partial charge < -0.3 is 19.5 Å². The van der Waals surface area contributed by atoms with Gasteiger partial charge in [-0.2, -0.15) is 5.10 Å². The van der Waals surface area contributed by atoms with E-state index >= 15 is 0 Å². The van der Waals surface area contributed by atoms with E-state index in [1.165, 1.54) is 17.8 Å². The summed E-state index contributed by atoms with van der Waals surface area (Å²) in [5.74, 6) is -2.56. The standard InChI is InChI=1S/C20H25N3O7S/c1-7-28-18(25)13-9-12(22-23(13)6)16(24)21-17-14(19(26)30-10(3)4)11(5)15(31-17)20(27)29-8-2/h9-10H,7-8H2,1-6H3,(H,21,24). The average molecular weight is 452 g/mol. The Hall–Kier alpha value is -3.21. The van der Waals surface area contributed by atoms with E-state index in [1.807, 2.05) is 0 Å². The first-order valence-electron chi connectivity index (χ1n) is 9.64. The summed E-state index contributed by atoms with van der Waals surface area (Å²) in [6, 6.07) is 1.28. The van der Waals surface area contributed by atoms with Crippen molar-refractivity contribution in [2.45, 2.75) is 40.7 Å². The van der Waals surface area contributed by atoms with Gasteiger partial charge in [-0.3, -0.25) is 9.48 Å². The number of aryl methyl sites for hydroxylation is 1. The smallest absolute Gasteiger partial charge is 0.356 e. The van der Waals surface area contributed by atoms with Gasteiger partial charge in [-0.05, 0) is 40.2 Å². The molecule has 168 valence electrons. The maximum atomic E-state index is 12.8. The number of carbonyl (C=O) groups excluding carboxylic acids is 4. The van der Waals surface area contributed by atoms with Crippen LogP contribution in [0.5, 0.6) is 0 Å². The Balaban J connectivity index is 2.41. The van der Waals surface area contributed by atoms with Crippen LogP contribution in [0.1, 0.15) is 74.3 Å². The molecule has 2 rings (SSSR count). The maximum Gasteiger partial charge on any atom is 0.356 e. The van der Waals surface area contributed by atoms with Crippen molar-refractivity contribution in [3.63, 3.8) is 0 Å². The third-order valence-corrected chi connectivity index (χ3v) is 5.17. The van der Waals surface area contributed by atoms with E-state index in [2.05, 4.69) is 10.4 Å². The Morgan fingerprint density at radius 2 is 1.71 bits per heavy atom. The van der Waals surface area contributed by atoms with Crippen LogP contribution >= 0.6 is 11.3 Å². The molecule has 0 radical (unpaired) electrons. The van der Waals surface area contributed by atoms with Crippen LogP contribution < -0.4 is 5.32 Å². The Morgan fingerprint density at radius 3 is 2.29 bits per heavy atom. The molecule has 0 atom stereocenters. The van der Waals surface area contributed by atoms with Gasteiger partial charge in [0.2, 0.25) is 0 Å². The van der Waals surface area contributed by atoms with Gasteiger partial charge in [-0.25, -0.2) is 14.4 Å². The average Bonchev–Trinajstić information content (AvgIpc) is 3.22. The molecule has 0 aliphatic rings. The number of esters is 3. The molecule has 0 aliphatic heterocycles. The number of thiophene rings is 1. The van der Waals surface area contributed by atoms with E-state index < -0.39 is 29.9 Å². The minimum atomic E-state index is -0.678. The molecular formula is C20H25N3O7S. The van der Waals surface area contributed by atoms with Crippen molar-refractivity contribution in [2.75, 3.05) is 18.5 Å². The Morgan fingerprint density at radius 1 is 1.10 bits per heavy atom. The normalized spacial score (nSPS) is 10.7. The van der Waals surface area contributed by atoms with Crippen LogP contribution in [-0.2, 0) is 21.3 Å². The number of ether oxygens (including phenoxy) is 3. The third kappa shape index (κ3) is 5.48. The fourth-order valence-corrected chi connectivity index (χ4v) is 3.74. The van der Waals surface area contributed by atoms with Gasteiger partial charge in [0.05, 0.1) is 24.9 Å². The summed E-state index contributed by atoms with van der Waals surface area (Å²) in [5, 5.41) is 6.75. The number of amides is 1. The monoisotopic (exact) mass is 451 g/mol. The number of hydrogen-bond donors (Lipinski definition) is 1. The van der Waals surface area contributed by atoms with Crippen molar-refractivity contribution in [1.29, 1.82) is 0 Å². The zero-order valence-electron chi connectivity index (χ0n) is 18.2. The summed E-state index contributed by atoms with van der Waals surface area (Å²) < 4.78 is 16.5. The second-order valence-corrected chi connectivity index (χ2v) is 7.67.